The van der Waals surface area contributed by atoms with E-state index < -0.39 is 17.9 Å². The Balaban J connectivity index is 2.64. The van der Waals surface area contributed by atoms with Gasteiger partial charge in [0, 0.05) is 0 Å². The lowest BCUT2D eigenvalue weighted by Gasteiger charge is -2.09. The van der Waals surface area contributed by atoms with Gasteiger partial charge in [0.1, 0.15) is 6.04 Å². The fourth-order valence-electron chi connectivity index (χ4n) is 0.854. The number of amides is 1. The number of aromatic nitrogens is 2. The predicted molar refractivity (Wildman–Crippen MR) is 47.7 cm³/mol. The maximum absolute atomic E-state index is 11.4. The molecule has 0 saturated heterocycles. The lowest BCUT2D eigenvalue weighted by Crippen LogP contribution is -2.39. The number of nitrogens with zero attached hydrogens (tertiary/aromatic N) is 2. The molecule has 0 bridgehead atoms. The van der Waals surface area contributed by atoms with E-state index >= 15 is 0 Å². The SMILES string of the molecule is COC(=O)C(C)NC(=O)c1nonc1N. The van der Waals surface area contributed by atoms with Crippen LogP contribution in [0, 0.1) is 0 Å². The third-order valence-electron chi connectivity index (χ3n) is 1.63. The number of carbonyl (C=O) groups excluding carboxylic acids is 2. The third kappa shape index (κ3) is 2.42. The maximum atomic E-state index is 11.4. The van der Waals surface area contributed by atoms with E-state index in [2.05, 4.69) is 25.0 Å². The molecule has 1 aromatic rings. The number of nitrogens with one attached hydrogen (secondary N) is 1. The first kappa shape index (κ1) is 11.0. The minimum atomic E-state index is -0.793. The van der Waals surface area contributed by atoms with Crippen LogP contribution in [-0.4, -0.2) is 35.3 Å². The molecule has 0 spiro atoms. The smallest absolute Gasteiger partial charge is 0.328 e. The van der Waals surface area contributed by atoms with Gasteiger partial charge in [-0.3, -0.25) is 4.79 Å². The van der Waals surface area contributed by atoms with Crippen molar-refractivity contribution >= 4 is 17.7 Å². The molecule has 0 fully saturated rings. The van der Waals surface area contributed by atoms with Crippen molar-refractivity contribution in [1.29, 1.82) is 0 Å². The number of hydrogen-bond acceptors (Lipinski definition) is 7. The number of ether oxygens (including phenoxy) is 1. The molecule has 1 unspecified atom stereocenters. The van der Waals surface area contributed by atoms with Gasteiger partial charge in [0.2, 0.25) is 11.5 Å². The average Bonchev–Trinajstić information content (AvgIpc) is 2.63. The van der Waals surface area contributed by atoms with Crippen LogP contribution < -0.4 is 11.1 Å². The number of hydrogen-bond donors (Lipinski definition) is 2. The summed E-state index contributed by atoms with van der Waals surface area (Å²) < 4.78 is 8.65. The number of esters is 1. The molecule has 1 amide bonds. The predicted octanol–water partition coefficient (Wildman–Crippen LogP) is -1.06. The fourth-order valence-corrected chi connectivity index (χ4v) is 0.854. The molecule has 1 rings (SSSR count). The molecule has 8 heteroatoms. The largest absolute Gasteiger partial charge is 0.467 e. The van der Waals surface area contributed by atoms with Crippen molar-refractivity contribution in [1.82, 2.24) is 15.6 Å². The van der Waals surface area contributed by atoms with E-state index in [0.29, 0.717) is 0 Å². The Kier molecular flexibility index (Phi) is 3.21. The summed E-state index contributed by atoms with van der Waals surface area (Å²) in [5, 5.41) is 8.82. The summed E-state index contributed by atoms with van der Waals surface area (Å²) >= 11 is 0. The molecule has 1 aromatic heterocycles. The highest BCUT2D eigenvalue weighted by molar-refractivity contribution is 5.98. The fraction of sp³-hybridized carbons (Fsp3) is 0.429. The van der Waals surface area contributed by atoms with Gasteiger partial charge in [-0.15, -0.1) is 0 Å². The van der Waals surface area contributed by atoms with Crippen molar-refractivity contribution in [3.05, 3.63) is 5.69 Å². The van der Waals surface area contributed by atoms with E-state index in [-0.39, 0.29) is 11.5 Å². The lowest BCUT2D eigenvalue weighted by molar-refractivity contribution is -0.142. The van der Waals surface area contributed by atoms with Crippen LogP contribution in [0.5, 0.6) is 0 Å². The number of methoxy groups -OCH3 is 1. The topological polar surface area (TPSA) is 120 Å². The minimum Gasteiger partial charge on any atom is -0.467 e. The van der Waals surface area contributed by atoms with Gasteiger partial charge >= 0.3 is 5.97 Å². The Labute approximate surface area is 84.7 Å². The van der Waals surface area contributed by atoms with Crippen LogP contribution in [0.3, 0.4) is 0 Å². The number of nitrogen functional groups attached to an aromatic ring is 1. The second kappa shape index (κ2) is 4.40. The van der Waals surface area contributed by atoms with Crippen LogP contribution in [0.2, 0.25) is 0 Å². The Morgan fingerprint density at radius 3 is 2.67 bits per heavy atom. The van der Waals surface area contributed by atoms with E-state index in [0.717, 1.165) is 0 Å². The normalized spacial score (nSPS) is 11.9. The van der Waals surface area contributed by atoms with Gasteiger partial charge < -0.3 is 15.8 Å². The Morgan fingerprint density at radius 2 is 2.20 bits per heavy atom. The first-order valence-electron chi connectivity index (χ1n) is 4.03. The molecule has 1 heterocycles. The van der Waals surface area contributed by atoms with Gasteiger partial charge in [-0.1, -0.05) is 0 Å². The van der Waals surface area contributed by atoms with Crippen molar-refractivity contribution in [2.24, 2.45) is 0 Å². The van der Waals surface area contributed by atoms with Gasteiger partial charge in [0.05, 0.1) is 7.11 Å². The van der Waals surface area contributed by atoms with Crippen LogP contribution in [0.15, 0.2) is 4.63 Å². The average molecular weight is 214 g/mol. The van der Waals surface area contributed by atoms with Crippen molar-refractivity contribution in [3.8, 4) is 0 Å². The quantitative estimate of drug-likeness (QED) is 0.615. The van der Waals surface area contributed by atoms with Gasteiger partial charge in [0.25, 0.3) is 5.91 Å². The lowest BCUT2D eigenvalue weighted by atomic mass is 10.3. The maximum Gasteiger partial charge on any atom is 0.328 e. The second-order valence-corrected chi connectivity index (χ2v) is 2.72. The van der Waals surface area contributed by atoms with E-state index in [4.69, 9.17) is 5.73 Å². The van der Waals surface area contributed by atoms with E-state index in [1.807, 2.05) is 0 Å². The first-order chi connectivity index (χ1) is 7.06. The van der Waals surface area contributed by atoms with Crippen molar-refractivity contribution in [2.75, 3.05) is 12.8 Å². The molecule has 0 aliphatic rings. The van der Waals surface area contributed by atoms with E-state index in [9.17, 15) is 9.59 Å². The Bertz CT molecular complexity index is 375. The number of anilines is 1. The molecule has 0 radical (unpaired) electrons. The van der Waals surface area contributed by atoms with Crippen molar-refractivity contribution in [3.63, 3.8) is 0 Å². The summed E-state index contributed by atoms with van der Waals surface area (Å²) in [6.45, 7) is 1.47. The molecular formula is C7H10N4O4. The molecule has 0 aliphatic heterocycles. The summed E-state index contributed by atoms with van der Waals surface area (Å²) in [6.07, 6.45) is 0. The summed E-state index contributed by atoms with van der Waals surface area (Å²) in [7, 11) is 1.22. The third-order valence-corrected chi connectivity index (χ3v) is 1.63. The molecule has 82 valence electrons. The van der Waals surface area contributed by atoms with E-state index in [1.165, 1.54) is 14.0 Å². The first-order valence-corrected chi connectivity index (χ1v) is 4.03. The zero-order chi connectivity index (χ0) is 11.4. The van der Waals surface area contributed by atoms with Crippen LogP contribution >= 0.6 is 0 Å². The summed E-state index contributed by atoms with van der Waals surface area (Å²) in [5.41, 5.74) is 5.12. The minimum absolute atomic E-state index is 0.135. The molecule has 8 nitrogen and oxygen atoms in total. The second-order valence-electron chi connectivity index (χ2n) is 2.72. The highest BCUT2D eigenvalue weighted by Gasteiger charge is 2.21. The molecular weight excluding hydrogens is 204 g/mol. The molecule has 15 heavy (non-hydrogen) atoms. The van der Waals surface area contributed by atoms with Gasteiger partial charge in [0.15, 0.2) is 0 Å². The van der Waals surface area contributed by atoms with Crippen molar-refractivity contribution in [2.45, 2.75) is 13.0 Å². The molecule has 0 aromatic carbocycles. The number of rotatable bonds is 3. The Morgan fingerprint density at radius 1 is 1.53 bits per heavy atom. The monoisotopic (exact) mass is 214 g/mol. The molecule has 1 atom stereocenters. The summed E-state index contributed by atoms with van der Waals surface area (Å²) in [6, 6.07) is -0.793. The number of carbonyl (C=O) groups is 2. The highest BCUT2D eigenvalue weighted by Crippen LogP contribution is 2.03. The van der Waals surface area contributed by atoms with Crippen LogP contribution in [0.4, 0.5) is 5.82 Å². The molecule has 0 saturated carbocycles. The van der Waals surface area contributed by atoms with Gasteiger partial charge in [-0.25, -0.2) is 9.42 Å². The zero-order valence-corrected chi connectivity index (χ0v) is 8.18. The van der Waals surface area contributed by atoms with Crippen molar-refractivity contribution < 1.29 is 19.0 Å². The zero-order valence-electron chi connectivity index (χ0n) is 8.18. The standard InChI is InChI=1S/C7H10N4O4/c1-3(7(13)14-2)9-6(12)4-5(8)11-15-10-4/h3H,1-2H3,(H2,8,11)(H,9,12). The summed E-state index contributed by atoms with van der Waals surface area (Å²) in [4.78, 5) is 22.4. The van der Waals surface area contributed by atoms with Gasteiger partial charge in [-0.2, -0.15) is 0 Å². The van der Waals surface area contributed by atoms with Crippen LogP contribution in [0.1, 0.15) is 17.4 Å². The summed E-state index contributed by atoms with van der Waals surface area (Å²) in [5.74, 6) is -1.35. The van der Waals surface area contributed by atoms with Crippen LogP contribution in [0.25, 0.3) is 0 Å². The molecule has 0 aliphatic carbocycles. The van der Waals surface area contributed by atoms with Crippen LogP contribution in [-0.2, 0) is 9.53 Å². The van der Waals surface area contributed by atoms with E-state index in [1.54, 1.807) is 0 Å². The molecule has 3 N–H and O–H groups in total. The number of nitrogens with two attached hydrogens (primary N) is 1. The van der Waals surface area contributed by atoms with Gasteiger partial charge in [-0.05, 0) is 17.2 Å². The Hall–Kier alpha value is -2.12. The highest BCUT2D eigenvalue weighted by atomic mass is 16.6.